The molecule has 0 spiro atoms. The largest absolute Gasteiger partial charge is 0.379 e. The van der Waals surface area contributed by atoms with Crippen molar-refractivity contribution in [1.29, 1.82) is 0 Å². The van der Waals surface area contributed by atoms with Gasteiger partial charge in [0, 0.05) is 43.0 Å². The van der Waals surface area contributed by atoms with Crippen LogP contribution >= 0.6 is 22.9 Å². The molecule has 7 nitrogen and oxygen atoms in total. The number of hydrogen-bond donors (Lipinski definition) is 0. The summed E-state index contributed by atoms with van der Waals surface area (Å²) >= 11 is 7.86. The molecule has 1 saturated heterocycles. The van der Waals surface area contributed by atoms with Crippen molar-refractivity contribution in [3.63, 3.8) is 0 Å². The van der Waals surface area contributed by atoms with E-state index in [1.165, 1.54) is 27.3 Å². The minimum atomic E-state index is -0.383. The molecular weight excluding hydrogens is 527 g/mol. The van der Waals surface area contributed by atoms with E-state index >= 15 is 0 Å². The Morgan fingerprint density at radius 2 is 1.84 bits per heavy atom. The van der Waals surface area contributed by atoms with Crippen LogP contribution in [0.15, 0.2) is 71.1 Å². The van der Waals surface area contributed by atoms with E-state index in [0.29, 0.717) is 54.6 Å². The molecule has 3 aromatic rings. The average Bonchev–Trinajstić information content (AvgIpc) is 3.62. The summed E-state index contributed by atoms with van der Waals surface area (Å²) in [4.78, 5) is 32.0. The molecule has 0 unspecified atom stereocenters. The third-order valence-electron chi connectivity index (χ3n) is 6.73. The van der Waals surface area contributed by atoms with Crippen LogP contribution in [0, 0.1) is 5.82 Å². The minimum absolute atomic E-state index is 0.176. The van der Waals surface area contributed by atoms with Crippen molar-refractivity contribution in [2.45, 2.75) is 12.5 Å². The van der Waals surface area contributed by atoms with Gasteiger partial charge in [-0.2, -0.15) is 5.10 Å². The lowest BCUT2D eigenvalue weighted by atomic mass is 10.0. The molecule has 1 fully saturated rings. The number of benzene rings is 2. The van der Waals surface area contributed by atoms with Crippen LogP contribution in [-0.4, -0.2) is 78.3 Å². The Morgan fingerprint density at radius 1 is 1.08 bits per heavy atom. The SMILES string of the molecule is O=C(c1ccccc1Cl)N(CCN1CCOCC1)CC(=O)N1N=C(c2ccccc2F)C[C@H]1c1cccs1. The molecule has 1 atom stereocenters. The van der Waals surface area contributed by atoms with Gasteiger partial charge in [0.15, 0.2) is 0 Å². The quantitative estimate of drug-likeness (QED) is 0.405. The third kappa shape index (κ3) is 5.96. The number of amides is 2. The first-order valence-corrected chi connectivity index (χ1v) is 13.8. The minimum Gasteiger partial charge on any atom is -0.379 e. The van der Waals surface area contributed by atoms with E-state index in [1.807, 2.05) is 17.5 Å². The Labute approximate surface area is 230 Å². The Kier molecular flexibility index (Phi) is 8.48. The Balaban J connectivity index is 1.40. The van der Waals surface area contributed by atoms with Gasteiger partial charge < -0.3 is 9.64 Å². The molecule has 0 bridgehead atoms. The summed E-state index contributed by atoms with van der Waals surface area (Å²) in [6, 6.07) is 16.8. The van der Waals surface area contributed by atoms with Gasteiger partial charge in [0.05, 0.1) is 35.6 Å². The summed E-state index contributed by atoms with van der Waals surface area (Å²) in [5, 5.41) is 8.27. The zero-order valence-electron chi connectivity index (χ0n) is 20.8. The number of rotatable bonds is 8. The van der Waals surface area contributed by atoms with Crippen LogP contribution in [0.4, 0.5) is 4.39 Å². The molecule has 2 amide bonds. The van der Waals surface area contributed by atoms with Gasteiger partial charge in [-0.25, -0.2) is 9.40 Å². The lowest BCUT2D eigenvalue weighted by Gasteiger charge is -2.31. The van der Waals surface area contributed by atoms with Crippen molar-refractivity contribution in [3.05, 3.63) is 92.9 Å². The van der Waals surface area contributed by atoms with Crippen LogP contribution in [0.2, 0.25) is 5.02 Å². The van der Waals surface area contributed by atoms with Crippen LogP contribution < -0.4 is 0 Å². The van der Waals surface area contributed by atoms with Gasteiger partial charge in [-0.15, -0.1) is 11.3 Å². The number of carbonyl (C=O) groups is 2. The van der Waals surface area contributed by atoms with Crippen LogP contribution in [0.25, 0.3) is 0 Å². The Morgan fingerprint density at radius 3 is 2.58 bits per heavy atom. The second-order valence-corrected chi connectivity index (χ2v) is 10.5. The van der Waals surface area contributed by atoms with Crippen molar-refractivity contribution < 1.29 is 18.7 Å². The summed E-state index contributed by atoms with van der Waals surface area (Å²) in [5.41, 5.74) is 1.23. The lowest BCUT2D eigenvalue weighted by molar-refractivity contribution is -0.133. The van der Waals surface area contributed by atoms with Crippen molar-refractivity contribution in [2.24, 2.45) is 5.10 Å². The molecule has 198 valence electrons. The maximum Gasteiger partial charge on any atom is 0.262 e. The number of hydrazone groups is 1. The van der Waals surface area contributed by atoms with Gasteiger partial charge in [-0.05, 0) is 29.6 Å². The maximum atomic E-state index is 14.6. The number of halogens is 2. The highest BCUT2D eigenvalue weighted by atomic mass is 35.5. The average molecular weight is 555 g/mol. The number of thiophene rings is 1. The molecule has 0 radical (unpaired) electrons. The van der Waals surface area contributed by atoms with Gasteiger partial charge in [-0.3, -0.25) is 14.5 Å². The number of hydrogen-bond acceptors (Lipinski definition) is 6. The maximum absolute atomic E-state index is 14.6. The summed E-state index contributed by atoms with van der Waals surface area (Å²) in [6.07, 6.45) is 0.388. The number of ether oxygens (including phenoxy) is 1. The van der Waals surface area contributed by atoms with Gasteiger partial charge in [0.2, 0.25) is 0 Å². The second-order valence-electron chi connectivity index (χ2n) is 9.16. The Bertz CT molecular complexity index is 1310. The van der Waals surface area contributed by atoms with Crippen LogP contribution in [-0.2, 0) is 9.53 Å². The first kappa shape index (κ1) is 26.5. The molecular formula is C28H28ClFN4O3S. The van der Waals surface area contributed by atoms with E-state index < -0.39 is 0 Å². The molecule has 2 aliphatic rings. The van der Waals surface area contributed by atoms with Crippen molar-refractivity contribution in [1.82, 2.24) is 14.8 Å². The third-order valence-corrected chi connectivity index (χ3v) is 8.03. The summed E-state index contributed by atoms with van der Waals surface area (Å²) in [6.45, 7) is 3.59. The highest BCUT2D eigenvalue weighted by Gasteiger charge is 2.36. The van der Waals surface area contributed by atoms with E-state index in [4.69, 9.17) is 16.3 Å². The van der Waals surface area contributed by atoms with E-state index in [1.54, 1.807) is 42.5 Å². The van der Waals surface area contributed by atoms with Gasteiger partial charge in [-0.1, -0.05) is 48.0 Å². The smallest absolute Gasteiger partial charge is 0.262 e. The van der Waals surface area contributed by atoms with E-state index in [2.05, 4.69) is 10.0 Å². The number of carbonyl (C=O) groups excluding carboxylic acids is 2. The molecule has 0 N–H and O–H groups in total. The number of nitrogens with zero attached hydrogens (tertiary/aromatic N) is 4. The first-order valence-electron chi connectivity index (χ1n) is 12.5. The number of morpholine rings is 1. The zero-order chi connectivity index (χ0) is 26.5. The van der Waals surface area contributed by atoms with E-state index in [9.17, 15) is 14.0 Å². The van der Waals surface area contributed by atoms with E-state index in [-0.39, 0.29) is 30.2 Å². The lowest BCUT2D eigenvalue weighted by Crippen LogP contribution is -2.46. The molecule has 1 aromatic heterocycles. The molecule has 3 heterocycles. The molecule has 2 aliphatic heterocycles. The first-order chi connectivity index (χ1) is 18.5. The monoisotopic (exact) mass is 554 g/mol. The molecule has 38 heavy (non-hydrogen) atoms. The normalized spacial score (nSPS) is 17.9. The van der Waals surface area contributed by atoms with Crippen molar-refractivity contribution >= 4 is 40.5 Å². The molecule has 5 rings (SSSR count). The van der Waals surface area contributed by atoms with Crippen LogP contribution in [0.3, 0.4) is 0 Å². The zero-order valence-corrected chi connectivity index (χ0v) is 22.3. The van der Waals surface area contributed by atoms with Crippen LogP contribution in [0.5, 0.6) is 0 Å². The fraction of sp³-hybridized carbons (Fsp3) is 0.321. The molecule has 2 aromatic carbocycles. The predicted molar refractivity (Wildman–Crippen MR) is 146 cm³/mol. The van der Waals surface area contributed by atoms with Crippen molar-refractivity contribution in [2.75, 3.05) is 45.9 Å². The van der Waals surface area contributed by atoms with Gasteiger partial charge >= 0.3 is 0 Å². The van der Waals surface area contributed by atoms with Crippen LogP contribution in [0.1, 0.15) is 33.3 Å². The Hall–Kier alpha value is -3.11. The highest BCUT2D eigenvalue weighted by Crippen LogP contribution is 2.35. The molecule has 0 aliphatic carbocycles. The summed E-state index contributed by atoms with van der Waals surface area (Å²) < 4.78 is 20.0. The topological polar surface area (TPSA) is 65.5 Å². The summed E-state index contributed by atoms with van der Waals surface area (Å²) in [5.74, 6) is -1.04. The summed E-state index contributed by atoms with van der Waals surface area (Å²) in [7, 11) is 0. The second kappa shape index (κ2) is 12.2. The predicted octanol–water partition coefficient (Wildman–Crippen LogP) is 4.69. The fourth-order valence-electron chi connectivity index (χ4n) is 4.68. The molecule has 10 heteroatoms. The highest BCUT2D eigenvalue weighted by molar-refractivity contribution is 7.10. The fourth-order valence-corrected chi connectivity index (χ4v) is 5.71. The standard InChI is InChI=1S/C28H28ClFN4O3S/c29-22-8-3-1-6-20(22)28(36)33(12-11-32-13-15-37-16-14-32)19-27(35)34-25(26-10-5-17-38-26)18-24(31-34)21-7-2-4-9-23(21)30/h1-10,17,25H,11-16,18-19H2/t25-/m0/s1. The van der Waals surface area contributed by atoms with Crippen molar-refractivity contribution in [3.8, 4) is 0 Å². The van der Waals surface area contributed by atoms with E-state index in [0.717, 1.165) is 18.0 Å². The van der Waals surface area contributed by atoms with Gasteiger partial charge in [0.1, 0.15) is 12.4 Å². The van der Waals surface area contributed by atoms with Gasteiger partial charge in [0.25, 0.3) is 11.8 Å². The molecule has 0 saturated carbocycles.